The van der Waals surface area contributed by atoms with Crippen LogP contribution in [0, 0.1) is 0 Å². The molecule has 0 radical (unpaired) electrons. The Labute approximate surface area is 189 Å². The van der Waals surface area contributed by atoms with Gasteiger partial charge in [-0.05, 0) is 37.1 Å². The summed E-state index contributed by atoms with van der Waals surface area (Å²) in [6.45, 7) is 3.61. The lowest BCUT2D eigenvalue weighted by molar-refractivity contribution is -0.117. The molecule has 2 fully saturated rings. The second-order valence-corrected chi connectivity index (χ2v) is 8.51. The number of nitrogens with zero attached hydrogens (tertiary/aromatic N) is 2. The van der Waals surface area contributed by atoms with Gasteiger partial charge in [-0.1, -0.05) is 31.0 Å². The third-order valence-corrected chi connectivity index (χ3v) is 6.29. The van der Waals surface area contributed by atoms with Gasteiger partial charge in [-0.15, -0.1) is 0 Å². The molecule has 0 spiro atoms. The van der Waals surface area contributed by atoms with Crippen LogP contribution in [0.4, 0.5) is 11.4 Å². The van der Waals surface area contributed by atoms with Gasteiger partial charge in [-0.25, -0.2) is 0 Å². The van der Waals surface area contributed by atoms with Gasteiger partial charge in [0.25, 0.3) is 5.91 Å². The van der Waals surface area contributed by atoms with Crippen LogP contribution in [0.3, 0.4) is 0 Å². The minimum Gasteiger partial charge on any atom is -0.497 e. The fourth-order valence-corrected chi connectivity index (χ4v) is 4.49. The Morgan fingerprint density at radius 2 is 1.75 bits per heavy atom. The van der Waals surface area contributed by atoms with Gasteiger partial charge in [-0.2, -0.15) is 0 Å². The van der Waals surface area contributed by atoms with Crippen LogP contribution >= 0.6 is 0 Å². The van der Waals surface area contributed by atoms with E-state index < -0.39 is 0 Å². The Morgan fingerprint density at radius 1 is 1.00 bits per heavy atom. The number of methoxy groups -OCH3 is 1. The second-order valence-electron chi connectivity index (χ2n) is 8.51. The Balaban J connectivity index is 1.29. The number of benzene rings is 2. The number of hydrogen-bond acceptors (Lipinski definition) is 5. The molecule has 1 saturated carbocycles. The quantitative estimate of drug-likeness (QED) is 0.698. The number of hydrogen-bond donors (Lipinski definition) is 2. The summed E-state index contributed by atoms with van der Waals surface area (Å²) in [5, 5.41) is 6.05. The smallest absolute Gasteiger partial charge is 0.253 e. The van der Waals surface area contributed by atoms with Gasteiger partial charge in [-0.3, -0.25) is 14.5 Å². The molecule has 4 rings (SSSR count). The van der Waals surface area contributed by atoms with E-state index in [4.69, 9.17) is 4.74 Å². The van der Waals surface area contributed by atoms with E-state index >= 15 is 0 Å². The summed E-state index contributed by atoms with van der Waals surface area (Å²) in [4.78, 5) is 29.9. The summed E-state index contributed by atoms with van der Waals surface area (Å²) in [7, 11) is 1.67. The highest BCUT2D eigenvalue weighted by Crippen LogP contribution is 2.23. The molecule has 1 aliphatic heterocycles. The van der Waals surface area contributed by atoms with Crippen molar-refractivity contribution in [2.75, 3.05) is 50.1 Å². The van der Waals surface area contributed by atoms with Crippen molar-refractivity contribution in [3.8, 4) is 5.75 Å². The molecule has 1 saturated heterocycles. The van der Waals surface area contributed by atoms with Crippen molar-refractivity contribution in [2.45, 2.75) is 31.7 Å². The van der Waals surface area contributed by atoms with Gasteiger partial charge >= 0.3 is 0 Å². The first-order valence-corrected chi connectivity index (χ1v) is 11.4. The largest absolute Gasteiger partial charge is 0.497 e. The molecule has 0 atom stereocenters. The van der Waals surface area contributed by atoms with Crippen LogP contribution in [0.5, 0.6) is 5.75 Å². The summed E-state index contributed by atoms with van der Waals surface area (Å²) in [5.74, 6) is 0.639. The average molecular weight is 437 g/mol. The molecular formula is C25H32N4O3. The number of amides is 2. The van der Waals surface area contributed by atoms with Gasteiger partial charge in [0.05, 0.1) is 24.9 Å². The van der Waals surface area contributed by atoms with Gasteiger partial charge < -0.3 is 20.3 Å². The van der Waals surface area contributed by atoms with Gasteiger partial charge in [0.15, 0.2) is 0 Å². The predicted molar refractivity (Wildman–Crippen MR) is 126 cm³/mol. The first-order chi connectivity index (χ1) is 15.6. The predicted octanol–water partition coefficient (Wildman–Crippen LogP) is 3.13. The summed E-state index contributed by atoms with van der Waals surface area (Å²) in [6, 6.07) is 15.5. The Kier molecular flexibility index (Phi) is 7.27. The number of carbonyl (C=O) groups excluding carboxylic acids is 2. The summed E-state index contributed by atoms with van der Waals surface area (Å²) in [6.07, 6.45) is 4.38. The van der Waals surface area contributed by atoms with Crippen molar-refractivity contribution in [3.63, 3.8) is 0 Å². The number of carbonyl (C=O) groups is 2. The maximum Gasteiger partial charge on any atom is 0.253 e. The van der Waals surface area contributed by atoms with Crippen molar-refractivity contribution in [1.29, 1.82) is 0 Å². The topological polar surface area (TPSA) is 73.9 Å². The molecule has 1 heterocycles. The third-order valence-electron chi connectivity index (χ3n) is 6.29. The normalized spacial score (nSPS) is 17.2. The molecule has 0 unspecified atom stereocenters. The lowest BCUT2D eigenvalue weighted by Gasteiger charge is -2.35. The van der Waals surface area contributed by atoms with Crippen LogP contribution in [-0.2, 0) is 4.79 Å². The zero-order valence-corrected chi connectivity index (χ0v) is 18.7. The molecule has 32 heavy (non-hydrogen) atoms. The lowest BCUT2D eigenvalue weighted by Crippen LogP contribution is -2.48. The minimum absolute atomic E-state index is 0.0963. The molecule has 7 heteroatoms. The molecule has 2 N–H and O–H groups in total. The molecule has 7 nitrogen and oxygen atoms in total. The third kappa shape index (κ3) is 5.59. The number of rotatable bonds is 7. The zero-order chi connectivity index (χ0) is 22.3. The molecule has 2 aromatic carbocycles. The number of nitrogens with one attached hydrogen (secondary N) is 2. The summed E-state index contributed by atoms with van der Waals surface area (Å²) in [5.41, 5.74) is 2.23. The molecule has 170 valence electrons. The Hall–Kier alpha value is -3.06. The van der Waals surface area contributed by atoms with Gasteiger partial charge in [0, 0.05) is 44.0 Å². The lowest BCUT2D eigenvalue weighted by atomic mass is 10.1. The van der Waals surface area contributed by atoms with Crippen LogP contribution in [0.15, 0.2) is 48.5 Å². The van der Waals surface area contributed by atoms with E-state index in [1.54, 1.807) is 19.2 Å². The fourth-order valence-electron chi connectivity index (χ4n) is 4.49. The van der Waals surface area contributed by atoms with Crippen LogP contribution in [-0.4, -0.2) is 62.6 Å². The fraction of sp³-hybridized carbons (Fsp3) is 0.440. The number of ether oxygens (including phenoxy) is 1. The minimum atomic E-state index is -0.111. The van der Waals surface area contributed by atoms with E-state index in [1.807, 2.05) is 30.3 Å². The highest BCUT2D eigenvalue weighted by Gasteiger charge is 2.22. The summed E-state index contributed by atoms with van der Waals surface area (Å²) >= 11 is 0. The number of para-hydroxylation sites is 1. The molecule has 2 aliphatic rings. The highest BCUT2D eigenvalue weighted by atomic mass is 16.5. The van der Waals surface area contributed by atoms with E-state index in [9.17, 15) is 9.59 Å². The van der Waals surface area contributed by atoms with Gasteiger partial charge in [0.2, 0.25) is 5.91 Å². The molecule has 0 aromatic heterocycles. The van der Waals surface area contributed by atoms with E-state index in [2.05, 4.69) is 26.5 Å². The van der Waals surface area contributed by atoms with E-state index in [1.165, 1.54) is 0 Å². The molecule has 2 aromatic rings. The van der Waals surface area contributed by atoms with Crippen LogP contribution in [0.2, 0.25) is 0 Å². The monoisotopic (exact) mass is 436 g/mol. The first kappa shape index (κ1) is 22.1. The number of piperazine rings is 1. The van der Waals surface area contributed by atoms with Crippen molar-refractivity contribution in [1.82, 2.24) is 10.2 Å². The van der Waals surface area contributed by atoms with E-state index in [-0.39, 0.29) is 17.9 Å². The van der Waals surface area contributed by atoms with Crippen molar-refractivity contribution in [3.05, 3.63) is 54.1 Å². The van der Waals surface area contributed by atoms with Crippen molar-refractivity contribution < 1.29 is 14.3 Å². The van der Waals surface area contributed by atoms with E-state index in [0.717, 1.165) is 63.3 Å². The Bertz CT molecular complexity index is 934. The molecule has 0 bridgehead atoms. The van der Waals surface area contributed by atoms with E-state index in [0.29, 0.717) is 17.8 Å². The van der Waals surface area contributed by atoms with Gasteiger partial charge in [0.1, 0.15) is 5.75 Å². The second kappa shape index (κ2) is 10.5. The maximum absolute atomic E-state index is 12.7. The molecule has 2 amide bonds. The molecule has 1 aliphatic carbocycles. The van der Waals surface area contributed by atoms with Crippen molar-refractivity contribution in [2.24, 2.45) is 0 Å². The van der Waals surface area contributed by atoms with Crippen LogP contribution in [0.1, 0.15) is 36.0 Å². The maximum atomic E-state index is 12.7. The molecular weight excluding hydrogens is 404 g/mol. The van der Waals surface area contributed by atoms with Crippen LogP contribution < -0.4 is 20.3 Å². The van der Waals surface area contributed by atoms with Crippen LogP contribution in [0.25, 0.3) is 0 Å². The van der Waals surface area contributed by atoms with Crippen molar-refractivity contribution >= 4 is 23.2 Å². The standard InChI is InChI=1S/C25H32N4O3/c1-32-21-10-6-9-20(17-21)29-15-13-28(14-16-29)18-24(30)27-23-12-5-4-11-22(23)25(31)26-19-7-2-3-8-19/h4-6,9-12,17,19H,2-3,7-8,13-16,18H2,1H3,(H,26,31)(H,27,30). The highest BCUT2D eigenvalue weighted by molar-refractivity contribution is 6.04. The SMILES string of the molecule is COc1cccc(N2CCN(CC(=O)Nc3ccccc3C(=O)NC3CCCC3)CC2)c1. The summed E-state index contributed by atoms with van der Waals surface area (Å²) < 4.78 is 5.32. The first-order valence-electron chi connectivity index (χ1n) is 11.4. The number of anilines is 2. The zero-order valence-electron chi connectivity index (χ0n) is 18.7. The average Bonchev–Trinajstić information content (AvgIpc) is 3.33. The Morgan fingerprint density at radius 3 is 2.50 bits per heavy atom.